The summed E-state index contributed by atoms with van der Waals surface area (Å²) >= 11 is 6.11. The van der Waals surface area contributed by atoms with Crippen molar-refractivity contribution < 1.29 is 14.4 Å². The summed E-state index contributed by atoms with van der Waals surface area (Å²) in [5.74, 6) is -0.658. The Balaban J connectivity index is 1.74. The van der Waals surface area contributed by atoms with Crippen molar-refractivity contribution >= 4 is 29.3 Å². The number of amides is 3. The molecule has 1 unspecified atom stereocenters. The summed E-state index contributed by atoms with van der Waals surface area (Å²) in [6, 6.07) is 13.2. The number of rotatable bonds is 5. The van der Waals surface area contributed by atoms with Crippen LogP contribution in [-0.4, -0.2) is 53.2 Å². The van der Waals surface area contributed by atoms with Crippen LogP contribution in [-0.2, 0) is 4.79 Å². The van der Waals surface area contributed by atoms with Crippen LogP contribution in [0.1, 0.15) is 71.3 Å². The first-order valence-corrected chi connectivity index (χ1v) is 12.1. The highest BCUT2D eigenvalue weighted by Crippen LogP contribution is 2.28. The number of halogens is 1. The molecule has 4 rings (SSSR count). The van der Waals surface area contributed by atoms with E-state index < -0.39 is 6.04 Å². The molecule has 1 aliphatic carbocycles. The average molecular weight is 468 g/mol. The lowest BCUT2D eigenvalue weighted by Crippen LogP contribution is -2.51. The van der Waals surface area contributed by atoms with Crippen molar-refractivity contribution in [1.82, 2.24) is 15.1 Å². The molecule has 1 N–H and O–H groups in total. The molecular weight excluding hydrogens is 438 g/mol. The minimum atomic E-state index is -0.809. The third kappa shape index (κ3) is 5.06. The summed E-state index contributed by atoms with van der Waals surface area (Å²) in [6.07, 6.45) is 5.29. The van der Waals surface area contributed by atoms with E-state index in [4.69, 9.17) is 11.6 Å². The first kappa shape index (κ1) is 23.3. The number of nitrogens with one attached hydrogen (secondary N) is 1. The van der Waals surface area contributed by atoms with E-state index in [9.17, 15) is 14.4 Å². The van der Waals surface area contributed by atoms with Crippen molar-refractivity contribution in [3.8, 4) is 0 Å². The van der Waals surface area contributed by atoms with Crippen LogP contribution in [0.15, 0.2) is 48.5 Å². The molecule has 1 heterocycles. The Labute approximate surface area is 199 Å². The third-order valence-corrected chi connectivity index (χ3v) is 6.88. The molecule has 174 valence electrons. The van der Waals surface area contributed by atoms with E-state index in [1.54, 1.807) is 58.3 Å². The Kier molecular flexibility index (Phi) is 7.33. The van der Waals surface area contributed by atoms with Crippen LogP contribution >= 0.6 is 11.6 Å². The van der Waals surface area contributed by atoms with Gasteiger partial charge >= 0.3 is 0 Å². The van der Waals surface area contributed by atoms with Crippen LogP contribution in [0, 0.1) is 0 Å². The van der Waals surface area contributed by atoms with Crippen molar-refractivity contribution in [2.24, 2.45) is 0 Å². The van der Waals surface area contributed by atoms with Crippen molar-refractivity contribution in [2.45, 2.75) is 51.1 Å². The first-order valence-electron chi connectivity index (χ1n) is 11.7. The van der Waals surface area contributed by atoms with Gasteiger partial charge in [-0.2, -0.15) is 0 Å². The monoisotopic (exact) mass is 467 g/mol. The fourth-order valence-electron chi connectivity index (χ4n) is 4.81. The second kappa shape index (κ2) is 10.4. The fourth-order valence-corrected chi connectivity index (χ4v) is 4.93. The van der Waals surface area contributed by atoms with Gasteiger partial charge in [-0.15, -0.1) is 0 Å². The molecule has 7 heteroatoms. The molecule has 0 radical (unpaired) electrons. The standard InChI is InChI=1S/C26H30ClN3O3/c1-2-29-16-17-30(26(33)22-11-7-6-10-21(22)25(29)32)23(18-12-14-19(27)15-13-18)24(31)28-20-8-4-3-5-9-20/h6-7,10-15,20,23H,2-5,8-9,16-17H2,1H3,(H,28,31). The summed E-state index contributed by atoms with van der Waals surface area (Å²) in [4.78, 5) is 43.7. The zero-order valence-corrected chi connectivity index (χ0v) is 19.7. The Hall–Kier alpha value is -2.86. The highest BCUT2D eigenvalue weighted by atomic mass is 35.5. The van der Waals surface area contributed by atoms with Crippen LogP contribution < -0.4 is 5.32 Å². The van der Waals surface area contributed by atoms with Crippen molar-refractivity contribution in [3.05, 3.63) is 70.2 Å². The number of hydrogen-bond donors (Lipinski definition) is 1. The summed E-state index contributed by atoms with van der Waals surface area (Å²) in [5, 5.41) is 3.76. The van der Waals surface area contributed by atoms with Gasteiger partial charge in [-0.05, 0) is 49.6 Å². The molecule has 3 amide bonds. The predicted octanol–water partition coefficient (Wildman–Crippen LogP) is 4.45. The van der Waals surface area contributed by atoms with Gasteiger partial charge in [0.05, 0.1) is 11.1 Å². The van der Waals surface area contributed by atoms with Gasteiger partial charge < -0.3 is 15.1 Å². The lowest BCUT2D eigenvalue weighted by Gasteiger charge is -2.36. The van der Waals surface area contributed by atoms with Gasteiger partial charge in [-0.1, -0.05) is 55.1 Å². The molecule has 33 heavy (non-hydrogen) atoms. The molecule has 1 aliphatic heterocycles. The Morgan fingerprint density at radius 1 is 0.970 bits per heavy atom. The molecule has 2 aliphatic rings. The number of likely N-dealkylation sites (N-methyl/N-ethyl adjacent to an activating group) is 1. The van der Waals surface area contributed by atoms with Gasteiger partial charge in [0, 0.05) is 30.7 Å². The predicted molar refractivity (Wildman–Crippen MR) is 128 cm³/mol. The van der Waals surface area contributed by atoms with Gasteiger partial charge in [0.25, 0.3) is 11.8 Å². The van der Waals surface area contributed by atoms with E-state index in [2.05, 4.69) is 5.32 Å². The molecule has 1 atom stereocenters. The van der Waals surface area contributed by atoms with E-state index in [1.165, 1.54) is 6.42 Å². The van der Waals surface area contributed by atoms with Gasteiger partial charge in [0.2, 0.25) is 5.91 Å². The second-order valence-corrected chi connectivity index (χ2v) is 9.16. The summed E-state index contributed by atoms with van der Waals surface area (Å²) in [6.45, 7) is 3.06. The van der Waals surface area contributed by atoms with Gasteiger partial charge in [-0.25, -0.2) is 0 Å². The first-order chi connectivity index (χ1) is 16.0. The molecule has 2 aromatic carbocycles. The minimum Gasteiger partial charge on any atom is -0.351 e. The molecule has 2 aromatic rings. The van der Waals surface area contributed by atoms with Gasteiger partial charge in [0.15, 0.2) is 0 Å². The number of hydrogen-bond acceptors (Lipinski definition) is 3. The number of fused-ring (bicyclic) bond motifs is 1. The number of carbonyl (C=O) groups is 3. The van der Waals surface area contributed by atoms with Crippen molar-refractivity contribution in [2.75, 3.05) is 19.6 Å². The van der Waals surface area contributed by atoms with Crippen LogP contribution in [0.5, 0.6) is 0 Å². The average Bonchev–Trinajstić information content (AvgIpc) is 2.84. The largest absolute Gasteiger partial charge is 0.351 e. The van der Waals surface area contributed by atoms with Crippen molar-refractivity contribution in [3.63, 3.8) is 0 Å². The molecule has 6 nitrogen and oxygen atoms in total. The summed E-state index contributed by atoms with van der Waals surface area (Å²) < 4.78 is 0. The Morgan fingerprint density at radius 3 is 2.24 bits per heavy atom. The maximum Gasteiger partial charge on any atom is 0.255 e. The van der Waals surface area contributed by atoms with Crippen LogP contribution in [0.4, 0.5) is 0 Å². The SMILES string of the molecule is CCN1CCN(C(C(=O)NC2CCCCC2)c2ccc(Cl)cc2)C(=O)c2ccccc2C1=O. The van der Waals surface area contributed by atoms with E-state index in [0.29, 0.717) is 34.8 Å². The molecule has 0 spiro atoms. The highest BCUT2D eigenvalue weighted by Gasteiger charge is 2.36. The Morgan fingerprint density at radius 2 is 1.61 bits per heavy atom. The van der Waals surface area contributed by atoms with Gasteiger partial charge in [0.1, 0.15) is 6.04 Å². The molecule has 0 bridgehead atoms. The molecule has 1 fully saturated rings. The minimum absolute atomic E-state index is 0.118. The molecular formula is C26H30ClN3O3. The summed E-state index contributed by atoms with van der Waals surface area (Å²) in [5.41, 5.74) is 1.40. The quantitative estimate of drug-likeness (QED) is 0.706. The van der Waals surface area contributed by atoms with Gasteiger partial charge in [-0.3, -0.25) is 14.4 Å². The van der Waals surface area contributed by atoms with E-state index in [1.807, 2.05) is 6.92 Å². The fraction of sp³-hybridized carbons (Fsp3) is 0.423. The second-order valence-electron chi connectivity index (χ2n) is 8.73. The number of carbonyl (C=O) groups excluding carboxylic acids is 3. The highest BCUT2D eigenvalue weighted by molar-refractivity contribution is 6.30. The van der Waals surface area contributed by atoms with E-state index >= 15 is 0 Å². The molecule has 0 aromatic heterocycles. The lowest BCUT2D eigenvalue weighted by molar-refractivity contribution is -0.127. The van der Waals surface area contributed by atoms with Crippen LogP contribution in [0.2, 0.25) is 5.02 Å². The third-order valence-electron chi connectivity index (χ3n) is 6.63. The smallest absolute Gasteiger partial charge is 0.255 e. The lowest BCUT2D eigenvalue weighted by atomic mass is 9.94. The zero-order chi connectivity index (χ0) is 23.4. The normalized spacial score (nSPS) is 18.4. The zero-order valence-electron chi connectivity index (χ0n) is 18.9. The molecule has 0 saturated heterocycles. The van der Waals surface area contributed by atoms with Crippen LogP contribution in [0.3, 0.4) is 0 Å². The number of benzene rings is 2. The number of nitrogens with zero attached hydrogens (tertiary/aromatic N) is 2. The maximum atomic E-state index is 13.8. The van der Waals surface area contributed by atoms with Crippen LogP contribution in [0.25, 0.3) is 0 Å². The van der Waals surface area contributed by atoms with E-state index in [0.717, 1.165) is 25.7 Å². The summed E-state index contributed by atoms with van der Waals surface area (Å²) in [7, 11) is 0. The maximum absolute atomic E-state index is 13.8. The van der Waals surface area contributed by atoms with Crippen molar-refractivity contribution in [1.29, 1.82) is 0 Å². The Bertz CT molecular complexity index is 1020. The topological polar surface area (TPSA) is 69.7 Å². The molecule has 1 saturated carbocycles. The van der Waals surface area contributed by atoms with E-state index in [-0.39, 0.29) is 30.3 Å².